The lowest BCUT2D eigenvalue weighted by Crippen LogP contribution is -2.37. The molecule has 0 radical (unpaired) electrons. The molecule has 0 aromatic heterocycles. The Bertz CT molecular complexity index is 267. The van der Waals surface area contributed by atoms with Gasteiger partial charge in [0.05, 0.1) is 0 Å². The Morgan fingerprint density at radius 3 is 1.65 bits per heavy atom. The topological polar surface area (TPSA) is 60.8 Å². The highest BCUT2D eigenvalue weighted by Crippen LogP contribution is 2.19. The maximum Gasteiger partial charge on any atom is 0.229 e. The van der Waals surface area contributed by atoms with Crippen LogP contribution in [0.25, 0.3) is 0 Å². The summed E-state index contributed by atoms with van der Waals surface area (Å²) in [6.07, 6.45) is 15.6. The lowest BCUT2D eigenvalue weighted by molar-refractivity contribution is -0.144. The minimum Gasteiger partial charge on any atom is -0.376 e. The summed E-state index contributed by atoms with van der Waals surface area (Å²) in [5, 5.41) is 18.2. The van der Waals surface area contributed by atoms with Crippen LogP contribution in [0.2, 0.25) is 0 Å². The molecule has 0 rings (SSSR count). The second-order valence-electron chi connectivity index (χ2n) is 6.62. The van der Waals surface area contributed by atoms with E-state index in [4.69, 9.17) is 10.2 Å². The van der Waals surface area contributed by atoms with E-state index in [0.29, 0.717) is 0 Å². The van der Waals surface area contributed by atoms with Crippen molar-refractivity contribution in [3.8, 4) is 0 Å². The molecule has 4 heteroatoms. The molecule has 0 aliphatic heterocycles. The number of rotatable bonds is 16. The Morgan fingerprint density at radius 2 is 1.22 bits per heavy atom. The number of aliphatic hydroxyl groups excluding tert-OH is 2. The normalized spacial score (nSPS) is 12.3. The van der Waals surface area contributed by atoms with E-state index in [1.807, 2.05) is 0 Å². The van der Waals surface area contributed by atoms with Gasteiger partial charge in [0, 0.05) is 5.92 Å². The lowest BCUT2D eigenvalue weighted by atomic mass is 9.94. The number of carbonyl (C=O) groups is 1. The van der Waals surface area contributed by atoms with Crippen molar-refractivity contribution in [2.24, 2.45) is 5.92 Å². The minimum absolute atomic E-state index is 0.0478. The van der Waals surface area contributed by atoms with Gasteiger partial charge in [-0.1, -0.05) is 84.5 Å². The molecule has 2 N–H and O–H groups in total. The molecule has 0 aromatic carbocycles. The number of nitrogens with zero attached hydrogens (tertiary/aromatic N) is 1. The van der Waals surface area contributed by atoms with E-state index >= 15 is 0 Å². The third-order valence-corrected chi connectivity index (χ3v) is 4.55. The van der Waals surface area contributed by atoms with Crippen LogP contribution in [0.4, 0.5) is 0 Å². The molecular weight excluding hydrogens is 290 g/mol. The molecule has 0 spiro atoms. The number of aliphatic hydroxyl groups is 2. The van der Waals surface area contributed by atoms with Crippen LogP contribution in [0.3, 0.4) is 0 Å². The highest BCUT2D eigenvalue weighted by atomic mass is 16.3. The van der Waals surface area contributed by atoms with Gasteiger partial charge in [0.15, 0.2) is 0 Å². The summed E-state index contributed by atoms with van der Waals surface area (Å²) in [4.78, 5) is 13.3. The molecule has 1 amide bonds. The number of hydrogen-bond acceptors (Lipinski definition) is 3. The predicted octanol–water partition coefficient (Wildman–Crippen LogP) is 4.44. The van der Waals surface area contributed by atoms with E-state index in [0.717, 1.165) is 30.6 Å². The summed E-state index contributed by atoms with van der Waals surface area (Å²) in [6.45, 7) is 3.53. The molecule has 4 nitrogen and oxygen atoms in total. The third-order valence-electron chi connectivity index (χ3n) is 4.55. The summed E-state index contributed by atoms with van der Waals surface area (Å²) in [7, 11) is 0. The molecule has 1 atom stereocenters. The van der Waals surface area contributed by atoms with E-state index in [9.17, 15) is 4.79 Å². The summed E-state index contributed by atoms with van der Waals surface area (Å²) in [6, 6.07) is 0. The van der Waals surface area contributed by atoms with Gasteiger partial charge in [-0.05, 0) is 12.8 Å². The van der Waals surface area contributed by atoms with Crippen LogP contribution in [0.15, 0.2) is 0 Å². The molecule has 1 unspecified atom stereocenters. The smallest absolute Gasteiger partial charge is 0.229 e. The Kier molecular flexibility index (Phi) is 15.8. The van der Waals surface area contributed by atoms with Crippen molar-refractivity contribution in [1.82, 2.24) is 4.90 Å². The first-order valence-electron chi connectivity index (χ1n) is 9.71. The Hall–Kier alpha value is -0.610. The van der Waals surface area contributed by atoms with Gasteiger partial charge in [0.1, 0.15) is 13.5 Å². The van der Waals surface area contributed by atoms with Crippen LogP contribution in [0.5, 0.6) is 0 Å². The SMILES string of the molecule is CCCCCCCCCCCCC(CCC)C(=O)N(CO)CO. The van der Waals surface area contributed by atoms with Crippen LogP contribution >= 0.6 is 0 Å². The molecule has 0 aromatic rings. The van der Waals surface area contributed by atoms with Crippen LogP contribution < -0.4 is 0 Å². The highest BCUT2D eigenvalue weighted by molar-refractivity contribution is 5.78. The second-order valence-corrected chi connectivity index (χ2v) is 6.62. The van der Waals surface area contributed by atoms with Crippen molar-refractivity contribution in [2.45, 2.75) is 97.3 Å². The molecular formula is C19H39NO3. The first-order valence-corrected chi connectivity index (χ1v) is 9.71. The molecule has 0 bridgehead atoms. The summed E-state index contributed by atoms with van der Waals surface area (Å²) in [5.74, 6) is -0.152. The van der Waals surface area contributed by atoms with Crippen molar-refractivity contribution in [2.75, 3.05) is 13.5 Å². The molecule has 0 fully saturated rings. The zero-order chi connectivity index (χ0) is 17.3. The molecule has 0 heterocycles. The van der Waals surface area contributed by atoms with Gasteiger partial charge in [-0.3, -0.25) is 9.69 Å². The Balaban J connectivity index is 3.74. The van der Waals surface area contributed by atoms with E-state index in [1.165, 1.54) is 57.8 Å². The number of hydrogen-bond donors (Lipinski definition) is 2. The predicted molar refractivity (Wildman–Crippen MR) is 95.9 cm³/mol. The molecule has 0 aliphatic rings. The quantitative estimate of drug-likeness (QED) is 0.325. The maximum atomic E-state index is 12.2. The maximum absolute atomic E-state index is 12.2. The fourth-order valence-corrected chi connectivity index (χ4v) is 3.06. The summed E-state index contributed by atoms with van der Waals surface area (Å²) >= 11 is 0. The van der Waals surface area contributed by atoms with Crippen molar-refractivity contribution < 1.29 is 15.0 Å². The second kappa shape index (κ2) is 16.3. The van der Waals surface area contributed by atoms with Crippen molar-refractivity contribution in [3.05, 3.63) is 0 Å². The van der Waals surface area contributed by atoms with Crippen LogP contribution in [-0.2, 0) is 4.79 Å². The first kappa shape index (κ1) is 22.4. The van der Waals surface area contributed by atoms with Gasteiger partial charge < -0.3 is 10.2 Å². The fraction of sp³-hybridized carbons (Fsp3) is 0.947. The summed E-state index contributed by atoms with van der Waals surface area (Å²) in [5.41, 5.74) is 0. The Labute approximate surface area is 143 Å². The van der Waals surface area contributed by atoms with E-state index in [-0.39, 0.29) is 11.8 Å². The largest absolute Gasteiger partial charge is 0.376 e. The van der Waals surface area contributed by atoms with E-state index in [2.05, 4.69) is 13.8 Å². The van der Waals surface area contributed by atoms with Crippen LogP contribution in [0, 0.1) is 5.92 Å². The van der Waals surface area contributed by atoms with Gasteiger partial charge in [-0.25, -0.2) is 0 Å². The van der Waals surface area contributed by atoms with Crippen molar-refractivity contribution in [1.29, 1.82) is 0 Å². The Morgan fingerprint density at radius 1 is 0.739 bits per heavy atom. The number of amides is 1. The first-order chi connectivity index (χ1) is 11.2. The lowest BCUT2D eigenvalue weighted by Gasteiger charge is -2.23. The average molecular weight is 330 g/mol. The minimum atomic E-state index is -0.395. The van der Waals surface area contributed by atoms with Crippen LogP contribution in [-0.4, -0.2) is 34.5 Å². The van der Waals surface area contributed by atoms with Gasteiger partial charge in [-0.15, -0.1) is 0 Å². The van der Waals surface area contributed by atoms with Crippen molar-refractivity contribution in [3.63, 3.8) is 0 Å². The average Bonchev–Trinajstić information content (AvgIpc) is 2.56. The van der Waals surface area contributed by atoms with Crippen molar-refractivity contribution >= 4 is 5.91 Å². The fourth-order valence-electron chi connectivity index (χ4n) is 3.06. The van der Waals surface area contributed by atoms with E-state index < -0.39 is 13.5 Å². The van der Waals surface area contributed by atoms with Gasteiger partial charge >= 0.3 is 0 Å². The standard InChI is InChI=1S/C19H39NO3/c1-3-5-6-7-8-9-10-11-12-13-15-18(14-4-2)19(23)20(16-21)17-22/h18,21-22H,3-17H2,1-2H3. The highest BCUT2D eigenvalue weighted by Gasteiger charge is 2.22. The molecule has 23 heavy (non-hydrogen) atoms. The van der Waals surface area contributed by atoms with Gasteiger partial charge in [0.25, 0.3) is 0 Å². The van der Waals surface area contributed by atoms with Crippen LogP contribution in [0.1, 0.15) is 97.3 Å². The molecule has 0 aliphatic carbocycles. The summed E-state index contributed by atoms with van der Waals surface area (Å²) < 4.78 is 0. The third kappa shape index (κ3) is 11.5. The molecule has 138 valence electrons. The van der Waals surface area contributed by atoms with Gasteiger partial charge in [-0.2, -0.15) is 0 Å². The molecule has 0 saturated heterocycles. The number of unbranched alkanes of at least 4 members (excludes halogenated alkanes) is 9. The molecule has 0 saturated carbocycles. The van der Waals surface area contributed by atoms with Gasteiger partial charge in [0.2, 0.25) is 5.91 Å². The van der Waals surface area contributed by atoms with E-state index in [1.54, 1.807) is 0 Å². The number of carbonyl (C=O) groups excluding carboxylic acids is 1. The monoisotopic (exact) mass is 329 g/mol. The zero-order valence-electron chi connectivity index (χ0n) is 15.4. The zero-order valence-corrected chi connectivity index (χ0v) is 15.4.